The topological polar surface area (TPSA) is 69.6 Å². The van der Waals surface area contributed by atoms with E-state index in [1.807, 2.05) is 27.7 Å². The highest BCUT2D eigenvalue weighted by Gasteiger charge is 2.24. The summed E-state index contributed by atoms with van der Waals surface area (Å²) < 4.78 is 0. The lowest BCUT2D eigenvalue weighted by atomic mass is 10.0. The Kier molecular flexibility index (Phi) is 7.39. The van der Waals surface area contributed by atoms with Crippen LogP contribution in [0.5, 0.6) is 0 Å². The molecule has 0 aromatic carbocycles. The van der Waals surface area contributed by atoms with Gasteiger partial charge in [-0.05, 0) is 25.2 Å². The third kappa shape index (κ3) is 5.38. The zero-order chi connectivity index (χ0) is 14.3. The van der Waals surface area contributed by atoms with E-state index in [0.29, 0.717) is 6.42 Å². The molecule has 0 aromatic heterocycles. The van der Waals surface area contributed by atoms with Gasteiger partial charge < -0.3 is 15.3 Å². The van der Waals surface area contributed by atoms with E-state index in [2.05, 4.69) is 5.32 Å². The number of hydrogen-bond donors (Lipinski definition) is 2. The molecule has 0 saturated heterocycles. The summed E-state index contributed by atoms with van der Waals surface area (Å²) in [4.78, 5) is 24.6. The molecule has 5 nitrogen and oxygen atoms in total. The van der Waals surface area contributed by atoms with Crippen LogP contribution in [-0.4, -0.2) is 41.1 Å². The van der Waals surface area contributed by atoms with Crippen molar-refractivity contribution < 1.29 is 14.7 Å². The number of hydrogen-bond acceptors (Lipinski definition) is 2. The molecule has 18 heavy (non-hydrogen) atoms. The molecule has 2 N–H and O–H groups in total. The molecule has 0 saturated carbocycles. The normalized spacial score (nSPS) is 12.6. The second kappa shape index (κ2) is 7.95. The predicted molar refractivity (Wildman–Crippen MR) is 71.5 cm³/mol. The lowest BCUT2D eigenvalue weighted by molar-refractivity contribution is -0.139. The van der Waals surface area contributed by atoms with Crippen molar-refractivity contribution in [3.8, 4) is 0 Å². The minimum Gasteiger partial charge on any atom is -0.480 e. The summed E-state index contributed by atoms with van der Waals surface area (Å²) in [5.74, 6) is -0.750. The Morgan fingerprint density at radius 2 is 1.72 bits per heavy atom. The van der Waals surface area contributed by atoms with Crippen molar-refractivity contribution in [3.05, 3.63) is 0 Å². The van der Waals surface area contributed by atoms with Crippen LogP contribution >= 0.6 is 0 Å². The van der Waals surface area contributed by atoms with Crippen molar-refractivity contribution in [1.82, 2.24) is 10.2 Å². The van der Waals surface area contributed by atoms with Crippen molar-refractivity contribution in [1.29, 1.82) is 0 Å². The van der Waals surface area contributed by atoms with E-state index < -0.39 is 12.0 Å². The molecule has 0 fully saturated rings. The van der Waals surface area contributed by atoms with Gasteiger partial charge in [-0.2, -0.15) is 0 Å². The number of nitrogens with zero attached hydrogens (tertiary/aromatic N) is 1. The van der Waals surface area contributed by atoms with Crippen LogP contribution in [0, 0.1) is 5.92 Å². The number of amides is 2. The summed E-state index contributed by atoms with van der Waals surface area (Å²) >= 11 is 0. The molecule has 0 aromatic rings. The smallest absolute Gasteiger partial charge is 0.326 e. The Bertz CT molecular complexity index is 275. The fourth-order valence-corrected chi connectivity index (χ4v) is 1.95. The minimum absolute atomic E-state index is 0.151. The van der Waals surface area contributed by atoms with Crippen molar-refractivity contribution in [2.45, 2.75) is 59.0 Å². The van der Waals surface area contributed by atoms with E-state index in [4.69, 9.17) is 5.11 Å². The Morgan fingerprint density at radius 3 is 2.06 bits per heavy atom. The first kappa shape index (κ1) is 16.7. The van der Waals surface area contributed by atoms with E-state index in [1.54, 1.807) is 11.9 Å². The number of carboxylic acid groups (broad SMARTS) is 1. The molecule has 5 heteroatoms. The fraction of sp³-hybridized carbons (Fsp3) is 0.846. The molecule has 0 aliphatic heterocycles. The molecule has 106 valence electrons. The van der Waals surface area contributed by atoms with Gasteiger partial charge in [-0.3, -0.25) is 0 Å². The lowest BCUT2D eigenvalue weighted by Crippen LogP contribution is -2.49. The van der Waals surface area contributed by atoms with E-state index >= 15 is 0 Å². The number of aliphatic carboxylic acids is 1. The molecule has 0 unspecified atom stereocenters. The SMILES string of the molecule is CCC(CC)N(C)C(=O)N[C@H](CC(C)C)C(=O)O. The molecule has 0 heterocycles. The van der Waals surface area contributed by atoms with Crippen LogP contribution < -0.4 is 5.32 Å². The molecular formula is C13H26N2O3. The Balaban J connectivity index is 4.54. The third-order valence-corrected chi connectivity index (χ3v) is 3.11. The van der Waals surface area contributed by atoms with Crippen molar-refractivity contribution in [2.24, 2.45) is 5.92 Å². The highest BCUT2D eigenvalue weighted by atomic mass is 16.4. The molecule has 1 atom stereocenters. The molecular weight excluding hydrogens is 232 g/mol. The van der Waals surface area contributed by atoms with Gasteiger partial charge >= 0.3 is 12.0 Å². The summed E-state index contributed by atoms with van der Waals surface area (Å²) in [6.45, 7) is 7.90. The zero-order valence-corrected chi connectivity index (χ0v) is 12.1. The van der Waals surface area contributed by atoms with Crippen LogP contribution in [0.1, 0.15) is 47.0 Å². The number of carboxylic acids is 1. The monoisotopic (exact) mass is 258 g/mol. The van der Waals surface area contributed by atoms with Gasteiger partial charge in [0.2, 0.25) is 0 Å². The standard InChI is InChI=1S/C13H26N2O3/c1-6-10(7-2)15(5)13(18)14-11(12(16)17)8-9(3)4/h9-11H,6-8H2,1-5H3,(H,14,18)(H,16,17)/t11-/m1/s1. The third-order valence-electron chi connectivity index (χ3n) is 3.11. The van der Waals surface area contributed by atoms with Gasteiger partial charge in [-0.15, -0.1) is 0 Å². The minimum atomic E-state index is -0.977. The number of rotatable bonds is 7. The van der Waals surface area contributed by atoms with E-state index in [-0.39, 0.29) is 18.0 Å². The maximum Gasteiger partial charge on any atom is 0.326 e. The first-order valence-electron chi connectivity index (χ1n) is 6.59. The van der Waals surface area contributed by atoms with Crippen LogP contribution in [0.3, 0.4) is 0 Å². The van der Waals surface area contributed by atoms with Crippen molar-refractivity contribution in [3.63, 3.8) is 0 Å². The van der Waals surface area contributed by atoms with Gasteiger partial charge in [0, 0.05) is 13.1 Å². The number of urea groups is 1. The maximum absolute atomic E-state index is 12.0. The van der Waals surface area contributed by atoms with Crippen LogP contribution in [-0.2, 0) is 4.79 Å². The van der Waals surface area contributed by atoms with Gasteiger partial charge in [0.25, 0.3) is 0 Å². The van der Waals surface area contributed by atoms with E-state index in [1.165, 1.54) is 0 Å². The summed E-state index contributed by atoms with van der Waals surface area (Å²) in [7, 11) is 1.71. The highest BCUT2D eigenvalue weighted by Crippen LogP contribution is 2.09. The molecule has 0 aliphatic rings. The first-order chi connectivity index (χ1) is 8.33. The largest absolute Gasteiger partial charge is 0.480 e. The molecule has 2 amide bonds. The summed E-state index contributed by atoms with van der Waals surface area (Å²) in [6.07, 6.45) is 2.17. The number of carbonyl (C=O) groups excluding carboxylic acids is 1. The molecule has 0 rings (SSSR count). The van der Waals surface area contributed by atoms with Crippen LogP contribution in [0.4, 0.5) is 4.79 Å². The quantitative estimate of drug-likeness (QED) is 0.736. The van der Waals surface area contributed by atoms with Crippen LogP contribution in [0.2, 0.25) is 0 Å². The Labute approximate surface area is 110 Å². The Hall–Kier alpha value is -1.26. The first-order valence-corrected chi connectivity index (χ1v) is 6.59. The average molecular weight is 258 g/mol. The van der Waals surface area contributed by atoms with Crippen molar-refractivity contribution in [2.75, 3.05) is 7.05 Å². The van der Waals surface area contributed by atoms with Crippen LogP contribution in [0.25, 0.3) is 0 Å². The van der Waals surface area contributed by atoms with Gasteiger partial charge in [0.15, 0.2) is 0 Å². The van der Waals surface area contributed by atoms with Gasteiger partial charge in [-0.25, -0.2) is 9.59 Å². The maximum atomic E-state index is 12.0. The molecule has 0 spiro atoms. The second-order valence-electron chi connectivity index (χ2n) is 5.05. The molecule has 0 aliphatic carbocycles. The molecule has 0 bridgehead atoms. The average Bonchev–Trinajstić information content (AvgIpc) is 2.28. The number of carbonyl (C=O) groups is 2. The predicted octanol–water partition coefficient (Wildman–Crippen LogP) is 2.32. The highest BCUT2D eigenvalue weighted by molar-refractivity contribution is 5.82. The van der Waals surface area contributed by atoms with Gasteiger partial charge in [0.05, 0.1) is 0 Å². The molecule has 0 radical (unpaired) electrons. The number of nitrogens with one attached hydrogen (secondary N) is 1. The van der Waals surface area contributed by atoms with Gasteiger partial charge in [-0.1, -0.05) is 27.7 Å². The summed E-state index contributed by atoms with van der Waals surface area (Å²) in [5, 5.41) is 11.7. The van der Waals surface area contributed by atoms with Crippen molar-refractivity contribution >= 4 is 12.0 Å². The van der Waals surface area contributed by atoms with Crippen LogP contribution in [0.15, 0.2) is 0 Å². The zero-order valence-electron chi connectivity index (χ0n) is 12.1. The fourth-order valence-electron chi connectivity index (χ4n) is 1.95. The van der Waals surface area contributed by atoms with E-state index in [9.17, 15) is 9.59 Å². The summed E-state index contributed by atoms with van der Waals surface area (Å²) in [6, 6.07) is -0.968. The van der Waals surface area contributed by atoms with Gasteiger partial charge in [0.1, 0.15) is 6.04 Å². The summed E-state index contributed by atoms with van der Waals surface area (Å²) in [5.41, 5.74) is 0. The Morgan fingerprint density at radius 1 is 1.22 bits per heavy atom. The lowest BCUT2D eigenvalue weighted by Gasteiger charge is -2.28. The second-order valence-corrected chi connectivity index (χ2v) is 5.05. The van der Waals surface area contributed by atoms with E-state index in [0.717, 1.165) is 12.8 Å².